The minimum absolute atomic E-state index is 0.0678. The lowest BCUT2D eigenvalue weighted by atomic mass is 9.86. The monoisotopic (exact) mass is 506 g/mol. The van der Waals surface area contributed by atoms with Crippen LogP contribution in [0.2, 0.25) is 0 Å². The molecule has 0 aliphatic carbocycles. The van der Waals surface area contributed by atoms with E-state index in [0.717, 1.165) is 34.0 Å². The van der Waals surface area contributed by atoms with Gasteiger partial charge in [-0.2, -0.15) is 0 Å². The molecule has 4 heterocycles. The maximum atomic E-state index is 13.5. The van der Waals surface area contributed by atoms with Crippen molar-refractivity contribution in [2.45, 2.75) is 45.4 Å². The van der Waals surface area contributed by atoms with Gasteiger partial charge in [0.25, 0.3) is 5.56 Å². The molecule has 0 amide bonds. The number of fused-ring (bicyclic) bond motifs is 5. The summed E-state index contributed by atoms with van der Waals surface area (Å²) < 4.78 is 6.83. The lowest BCUT2D eigenvalue weighted by Crippen LogP contribution is -2.44. The first kappa shape index (κ1) is 24.0. The number of hydrogen-bond acceptors (Lipinski definition) is 6. The zero-order chi connectivity index (χ0) is 26.6. The van der Waals surface area contributed by atoms with Crippen molar-refractivity contribution in [2.75, 3.05) is 0 Å². The fourth-order valence-corrected chi connectivity index (χ4v) is 5.56. The normalized spacial score (nSPS) is 17.8. The van der Waals surface area contributed by atoms with E-state index >= 15 is 0 Å². The molecule has 2 aromatic carbocycles. The number of hydrogen-bond donors (Lipinski definition) is 1. The Balaban J connectivity index is 1.46. The second kappa shape index (κ2) is 8.89. The number of aromatic nitrogens is 2. The molecule has 4 aromatic rings. The molecule has 0 bridgehead atoms. The zero-order valence-corrected chi connectivity index (χ0v) is 21.2. The third-order valence-electron chi connectivity index (χ3n) is 7.67. The average Bonchev–Trinajstić information content (AvgIpc) is 3.31. The third-order valence-corrected chi connectivity index (χ3v) is 7.67. The van der Waals surface area contributed by atoms with E-state index in [2.05, 4.69) is 6.92 Å². The predicted octanol–water partition coefficient (Wildman–Crippen LogP) is 4.54. The van der Waals surface area contributed by atoms with Crippen LogP contribution in [0.15, 0.2) is 65.5 Å². The molecule has 6 rings (SSSR count). The van der Waals surface area contributed by atoms with E-state index < -0.39 is 11.6 Å². The zero-order valence-electron chi connectivity index (χ0n) is 21.2. The summed E-state index contributed by atoms with van der Waals surface area (Å²) >= 11 is 0. The van der Waals surface area contributed by atoms with Crippen LogP contribution >= 0.6 is 0 Å². The Hall–Kier alpha value is -4.36. The van der Waals surface area contributed by atoms with Gasteiger partial charge in [0.2, 0.25) is 0 Å². The van der Waals surface area contributed by atoms with Crippen molar-refractivity contribution in [2.24, 2.45) is 0 Å². The van der Waals surface area contributed by atoms with Crippen molar-refractivity contribution in [3.8, 4) is 11.4 Å². The number of pyridine rings is 2. The molecular weight excluding hydrogens is 480 g/mol. The van der Waals surface area contributed by atoms with Crippen LogP contribution in [0.3, 0.4) is 0 Å². The number of allylic oxidation sites excluding steroid dienone is 1. The highest BCUT2D eigenvalue weighted by molar-refractivity contribution is 6.07. The third kappa shape index (κ3) is 3.54. The van der Waals surface area contributed by atoms with Crippen LogP contribution in [-0.2, 0) is 34.7 Å². The number of ketones is 1. The largest absolute Gasteiger partial charge is 0.458 e. The molecule has 7 nitrogen and oxygen atoms in total. The first-order chi connectivity index (χ1) is 18.4. The summed E-state index contributed by atoms with van der Waals surface area (Å²) in [5.74, 6) is -0.802. The number of aryl methyl sites for hydroxylation is 1. The first-order valence-corrected chi connectivity index (χ1v) is 12.8. The van der Waals surface area contributed by atoms with Crippen molar-refractivity contribution < 1.29 is 19.4 Å². The molecular formula is C31H26N2O5. The fourth-order valence-electron chi connectivity index (χ4n) is 5.56. The minimum Gasteiger partial charge on any atom is -0.458 e. The Bertz CT molecular complexity index is 1740. The summed E-state index contributed by atoms with van der Waals surface area (Å²) in [5.41, 5.74) is 4.09. The highest BCUT2D eigenvalue weighted by Crippen LogP contribution is 2.40. The van der Waals surface area contributed by atoms with Gasteiger partial charge in [0.15, 0.2) is 11.4 Å². The SMILES string of the molecule is CCc1c2c(nc3ccc(C=CC(=O)c4ccccc4)cc13)-c1cc3c(c(=O)n1C2)COC(=O)[C@]3(O)CC. The van der Waals surface area contributed by atoms with Crippen molar-refractivity contribution in [1.82, 2.24) is 9.55 Å². The average molecular weight is 507 g/mol. The van der Waals surface area contributed by atoms with Crippen molar-refractivity contribution in [3.05, 3.63) is 104 Å². The van der Waals surface area contributed by atoms with Crippen molar-refractivity contribution >= 4 is 28.7 Å². The minimum atomic E-state index is -1.85. The second-order valence-electron chi connectivity index (χ2n) is 9.71. The Morgan fingerprint density at radius 1 is 1.11 bits per heavy atom. The molecule has 7 heteroatoms. The molecule has 0 radical (unpaired) electrons. The molecule has 2 aliphatic rings. The van der Waals surface area contributed by atoms with Gasteiger partial charge in [0, 0.05) is 22.1 Å². The summed E-state index contributed by atoms with van der Waals surface area (Å²) in [6.07, 6.45) is 4.20. The molecule has 0 saturated carbocycles. The number of ether oxygens (including phenoxy) is 1. The quantitative estimate of drug-likeness (QED) is 0.214. The number of rotatable bonds is 5. The van der Waals surface area contributed by atoms with Crippen LogP contribution in [0, 0.1) is 0 Å². The van der Waals surface area contributed by atoms with E-state index in [0.29, 0.717) is 34.6 Å². The standard InChI is InChI=1S/C31H26N2O5/c1-3-20-21-14-18(11-13-27(34)19-8-6-5-7-9-19)10-12-25(21)32-28-22(20)16-33-26(28)15-24-23(29(33)35)17-38-30(36)31(24,37)4-2/h5-15,37H,3-4,16-17H2,1-2H3/t31-/m0/s1. The maximum Gasteiger partial charge on any atom is 0.343 e. The topological polar surface area (TPSA) is 98.5 Å². The molecule has 1 N–H and O–H groups in total. The Kier molecular flexibility index (Phi) is 5.61. The maximum absolute atomic E-state index is 13.5. The van der Waals surface area contributed by atoms with E-state index in [-0.39, 0.29) is 24.4 Å². The van der Waals surface area contributed by atoms with Crippen LogP contribution in [0.25, 0.3) is 28.4 Å². The Morgan fingerprint density at radius 3 is 2.63 bits per heavy atom. The van der Waals surface area contributed by atoms with E-state index in [9.17, 15) is 19.5 Å². The fraction of sp³-hybridized carbons (Fsp3) is 0.226. The summed E-state index contributed by atoms with van der Waals surface area (Å²) in [5, 5.41) is 12.1. The van der Waals surface area contributed by atoms with E-state index in [1.807, 2.05) is 36.4 Å². The number of benzene rings is 2. The van der Waals surface area contributed by atoms with Gasteiger partial charge >= 0.3 is 5.97 Å². The summed E-state index contributed by atoms with van der Waals surface area (Å²) in [7, 11) is 0. The lowest BCUT2D eigenvalue weighted by molar-refractivity contribution is -0.172. The predicted molar refractivity (Wildman–Crippen MR) is 144 cm³/mol. The molecule has 2 aliphatic heterocycles. The Morgan fingerprint density at radius 2 is 1.89 bits per heavy atom. The van der Waals surface area contributed by atoms with Gasteiger partial charge in [0.05, 0.1) is 29.0 Å². The molecule has 1 atom stereocenters. The molecule has 0 fully saturated rings. The molecule has 190 valence electrons. The van der Waals surface area contributed by atoms with Crippen LogP contribution in [0.5, 0.6) is 0 Å². The highest BCUT2D eigenvalue weighted by Gasteiger charge is 2.45. The van der Waals surface area contributed by atoms with Gasteiger partial charge < -0.3 is 14.4 Å². The highest BCUT2D eigenvalue weighted by atomic mass is 16.6. The van der Waals surface area contributed by atoms with Gasteiger partial charge in [-0.3, -0.25) is 9.59 Å². The molecule has 38 heavy (non-hydrogen) atoms. The van der Waals surface area contributed by atoms with Gasteiger partial charge in [-0.1, -0.05) is 56.3 Å². The molecule has 0 unspecified atom stereocenters. The summed E-state index contributed by atoms with van der Waals surface area (Å²) in [4.78, 5) is 43.4. The Labute approximate surface area is 219 Å². The van der Waals surface area contributed by atoms with Crippen molar-refractivity contribution in [1.29, 1.82) is 0 Å². The number of cyclic esters (lactones) is 1. The van der Waals surface area contributed by atoms with Gasteiger partial charge in [-0.05, 0) is 48.2 Å². The van der Waals surface area contributed by atoms with E-state index in [1.165, 1.54) is 0 Å². The number of esters is 1. The van der Waals surface area contributed by atoms with Crippen LogP contribution in [0.1, 0.15) is 58.4 Å². The van der Waals surface area contributed by atoms with Crippen LogP contribution in [0.4, 0.5) is 0 Å². The molecule has 0 saturated heterocycles. The number of aliphatic hydroxyl groups is 1. The summed E-state index contributed by atoms with van der Waals surface area (Å²) in [6, 6.07) is 16.7. The number of nitrogens with zero attached hydrogens (tertiary/aromatic N) is 2. The van der Waals surface area contributed by atoms with Crippen molar-refractivity contribution in [3.63, 3.8) is 0 Å². The summed E-state index contributed by atoms with van der Waals surface area (Å²) in [6.45, 7) is 3.96. The van der Waals surface area contributed by atoms with Gasteiger partial charge in [0.1, 0.15) is 6.61 Å². The first-order valence-electron chi connectivity index (χ1n) is 12.8. The van der Waals surface area contributed by atoms with Gasteiger partial charge in [-0.15, -0.1) is 0 Å². The van der Waals surface area contributed by atoms with E-state index in [4.69, 9.17) is 9.72 Å². The van der Waals surface area contributed by atoms with E-state index in [1.54, 1.807) is 41.8 Å². The smallest absolute Gasteiger partial charge is 0.343 e. The molecule has 0 spiro atoms. The van der Waals surface area contributed by atoms with Crippen LogP contribution < -0.4 is 5.56 Å². The van der Waals surface area contributed by atoms with Crippen LogP contribution in [-0.4, -0.2) is 26.4 Å². The van der Waals surface area contributed by atoms with Gasteiger partial charge in [-0.25, -0.2) is 9.78 Å². The lowest BCUT2D eigenvalue weighted by Gasteiger charge is -2.31. The second-order valence-corrected chi connectivity index (χ2v) is 9.71. The number of carbonyl (C=O) groups excluding carboxylic acids is 2. The molecule has 2 aromatic heterocycles. The number of carbonyl (C=O) groups is 2.